The summed E-state index contributed by atoms with van der Waals surface area (Å²) in [7, 11) is 0. The van der Waals surface area contributed by atoms with E-state index >= 15 is 0 Å². The molecular formula is C14H12N4OS. The Morgan fingerprint density at radius 1 is 1.25 bits per heavy atom. The maximum atomic E-state index is 12.3. The second-order valence-electron chi connectivity index (χ2n) is 4.21. The molecular weight excluding hydrogens is 272 g/mol. The molecule has 0 aliphatic carbocycles. The summed E-state index contributed by atoms with van der Waals surface area (Å²) in [5.74, 6) is -0.222. The van der Waals surface area contributed by atoms with Gasteiger partial charge in [-0.05, 0) is 19.1 Å². The molecule has 0 aliphatic heterocycles. The van der Waals surface area contributed by atoms with Gasteiger partial charge in [-0.1, -0.05) is 18.2 Å². The lowest BCUT2D eigenvalue weighted by atomic mass is 10.3. The van der Waals surface area contributed by atoms with Crippen LogP contribution in [0.3, 0.4) is 0 Å². The zero-order valence-electron chi connectivity index (χ0n) is 10.8. The summed E-state index contributed by atoms with van der Waals surface area (Å²) in [4.78, 5) is 21.5. The van der Waals surface area contributed by atoms with E-state index < -0.39 is 0 Å². The lowest BCUT2D eigenvalue weighted by Gasteiger charge is -2.07. The number of amides is 1. The van der Waals surface area contributed by atoms with E-state index in [4.69, 9.17) is 0 Å². The van der Waals surface area contributed by atoms with E-state index in [1.165, 1.54) is 11.3 Å². The van der Waals surface area contributed by atoms with Crippen molar-refractivity contribution >= 4 is 22.4 Å². The predicted octanol–water partition coefficient (Wildman–Crippen LogP) is 2.89. The quantitative estimate of drug-likeness (QED) is 0.804. The van der Waals surface area contributed by atoms with Crippen molar-refractivity contribution in [1.82, 2.24) is 14.5 Å². The molecule has 1 aromatic carbocycles. The third-order valence-corrected chi connectivity index (χ3v) is 3.58. The van der Waals surface area contributed by atoms with E-state index in [0.29, 0.717) is 10.8 Å². The molecule has 5 nitrogen and oxygen atoms in total. The molecule has 0 saturated heterocycles. The molecule has 0 bridgehead atoms. The van der Waals surface area contributed by atoms with Crippen molar-refractivity contribution in [3.05, 3.63) is 59.6 Å². The zero-order valence-corrected chi connectivity index (χ0v) is 11.6. The molecule has 0 radical (unpaired) electrons. The molecule has 3 rings (SSSR count). The molecule has 0 atom stereocenters. The third kappa shape index (κ3) is 2.46. The van der Waals surface area contributed by atoms with Crippen LogP contribution in [0, 0.1) is 6.92 Å². The number of benzene rings is 1. The van der Waals surface area contributed by atoms with Crippen LogP contribution >= 0.6 is 11.3 Å². The molecule has 0 aliphatic rings. The van der Waals surface area contributed by atoms with Crippen molar-refractivity contribution in [3.63, 3.8) is 0 Å². The molecule has 3 aromatic rings. The minimum absolute atomic E-state index is 0.222. The van der Waals surface area contributed by atoms with Gasteiger partial charge in [-0.2, -0.15) is 0 Å². The van der Waals surface area contributed by atoms with Gasteiger partial charge in [-0.25, -0.2) is 9.97 Å². The first-order valence-corrected chi connectivity index (χ1v) is 6.87. The van der Waals surface area contributed by atoms with Gasteiger partial charge in [0, 0.05) is 16.8 Å². The summed E-state index contributed by atoms with van der Waals surface area (Å²) in [5, 5.41) is 3.37. The number of aromatic nitrogens is 3. The first-order valence-electron chi connectivity index (χ1n) is 6.05. The summed E-state index contributed by atoms with van der Waals surface area (Å²) >= 11 is 1.44. The van der Waals surface area contributed by atoms with E-state index in [0.717, 1.165) is 10.6 Å². The number of thiazole rings is 1. The van der Waals surface area contributed by atoms with Crippen LogP contribution in [0.4, 0.5) is 5.13 Å². The highest BCUT2D eigenvalue weighted by atomic mass is 32.1. The van der Waals surface area contributed by atoms with Crippen molar-refractivity contribution < 1.29 is 4.79 Å². The number of aryl methyl sites for hydroxylation is 1. The molecule has 1 N–H and O–H groups in total. The van der Waals surface area contributed by atoms with Crippen LogP contribution in [0.15, 0.2) is 49.1 Å². The summed E-state index contributed by atoms with van der Waals surface area (Å²) < 4.78 is 1.75. The highest BCUT2D eigenvalue weighted by Crippen LogP contribution is 2.18. The van der Waals surface area contributed by atoms with Crippen LogP contribution in [-0.4, -0.2) is 20.4 Å². The number of imidazole rings is 1. The van der Waals surface area contributed by atoms with Crippen LogP contribution < -0.4 is 5.32 Å². The lowest BCUT2D eigenvalue weighted by Crippen LogP contribution is -2.15. The molecule has 0 fully saturated rings. The second-order valence-corrected chi connectivity index (χ2v) is 5.45. The highest BCUT2D eigenvalue weighted by molar-refractivity contribution is 7.15. The predicted molar refractivity (Wildman–Crippen MR) is 78.4 cm³/mol. The zero-order chi connectivity index (χ0) is 13.9. The van der Waals surface area contributed by atoms with Crippen LogP contribution in [-0.2, 0) is 0 Å². The largest absolute Gasteiger partial charge is 0.296 e. The molecule has 0 spiro atoms. The number of carbonyl (C=O) groups excluding carboxylic acids is 1. The fourth-order valence-electron chi connectivity index (χ4n) is 1.83. The number of carbonyl (C=O) groups is 1. The van der Waals surface area contributed by atoms with E-state index in [-0.39, 0.29) is 5.91 Å². The first-order chi connectivity index (χ1) is 9.74. The Morgan fingerprint density at radius 2 is 2.05 bits per heavy atom. The van der Waals surface area contributed by atoms with Crippen molar-refractivity contribution in [2.24, 2.45) is 0 Å². The summed E-state index contributed by atoms with van der Waals surface area (Å²) in [6, 6.07) is 9.61. The van der Waals surface area contributed by atoms with E-state index in [1.54, 1.807) is 23.3 Å². The van der Waals surface area contributed by atoms with Crippen molar-refractivity contribution in [3.8, 4) is 5.69 Å². The van der Waals surface area contributed by atoms with Gasteiger partial charge in [0.15, 0.2) is 5.13 Å². The Labute approximate surface area is 119 Å². The van der Waals surface area contributed by atoms with Crippen molar-refractivity contribution in [2.45, 2.75) is 6.92 Å². The first kappa shape index (κ1) is 12.6. The van der Waals surface area contributed by atoms with Crippen molar-refractivity contribution in [2.75, 3.05) is 5.32 Å². The SMILES string of the molecule is Cc1cnc(NC(=O)c2cncn2-c2ccccc2)s1. The Bertz CT molecular complexity index is 732. The van der Waals surface area contributed by atoms with Crippen LogP contribution in [0.25, 0.3) is 5.69 Å². The molecule has 2 heterocycles. The van der Waals surface area contributed by atoms with Gasteiger partial charge in [0.25, 0.3) is 5.91 Å². The lowest BCUT2D eigenvalue weighted by molar-refractivity contribution is 0.102. The molecule has 1 amide bonds. The van der Waals surface area contributed by atoms with E-state index in [2.05, 4.69) is 15.3 Å². The van der Waals surface area contributed by atoms with Gasteiger partial charge in [0.2, 0.25) is 0 Å². The maximum absolute atomic E-state index is 12.3. The Balaban J connectivity index is 1.88. The minimum Gasteiger partial charge on any atom is -0.296 e. The Hall–Kier alpha value is -2.47. The smallest absolute Gasteiger partial charge is 0.276 e. The average molecular weight is 284 g/mol. The Morgan fingerprint density at radius 3 is 2.75 bits per heavy atom. The fraction of sp³-hybridized carbons (Fsp3) is 0.0714. The Kier molecular flexibility index (Phi) is 3.30. The molecule has 0 saturated carbocycles. The van der Waals surface area contributed by atoms with Gasteiger partial charge in [0.1, 0.15) is 5.69 Å². The van der Waals surface area contributed by atoms with E-state index in [1.807, 2.05) is 37.3 Å². The number of rotatable bonds is 3. The number of hydrogen-bond donors (Lipinski definition) is 1. The average Bonchev–Trinajstić information content (AvgIpc) is 3.09. The summed E-state index contributed by atoms with van der Waals surface area (Å²) in [6.45, 7) is 1.95. The third-order valence-electron chi connectivity index (χ3n) is 2.75. The van der Waals surface area contributed by atoms with Crippen LogP contribution in [0.5, 0.6) is 0 Å². The van der Waals surface area contributed by atoms with Gasteiger partial charge in [0.05, 0.1) is 12.5 Å². The number of hydrogen-bond acceptors (Lipinski definition) is 4. The summed E-state index contributed by atoms with van der Waals surface area (Å²) in [6.07, 6.45) is 4.90. The van der Waals surface area contributed by atoms with Gasteiger partial charge in [-0.15, -0.1) is 11.3 Å². The van der Waals surface area contributed by atoms with Crippen LogP contribution in [0.2, 0.25) is 0 Å². The monoisotopic (exact) mass is 284 g/mol. The maximum Gasteiger partial charge on any atom is 0.276 e. The topological polar surface area (TPSA) is 59.8 Å². The number of nitrogens with zero attached hydrogens (tertiary/aromatic N) is 3. The van der Waals surface area contributed by atoms with Crippen LogP contribution in [0.1, 0.15) is 15.4 Å². The standard InChI is InChI=1S/C14H12N4OS/c1-10-7-16-14(20-10)17-13(19)12-8-15-9-18(12)11-5-3-2-4-6-11/h2-9H,1H3,(H,16,17,19). The molecule has 6 heteroatoms. The minimum atomic E-state index is -0.222. The van der Waals surface area contributed by atoms with E-state index in [9.17, 15) is 4.79 Å². The number of para-hydroxylation sites is 1. The number of anilines is 1. The summed E-state index contributed by atoms with van der Waals surface area (Å²) in [5.41, 5.74) is 1.37. The number of nitrogens with one attached hydrogen (secondary N) is 1. The molecule has 100 valence electrons. The molecule has 20 heavy (non-hydrogen) atoms. The fourth-order valence-corrected chi connectivity index (χ4v) is 2.49. The van der Waals surface area contributed by atoms with Crippen molar-refractivity contribution in [1.29, 1.82) is 0 Å². The van der Waals surface area contributed by atoms with Gasteiger partial charge < -0.3 is 0 Å². The normalized spacial score (nSPS) is 10.4. The van der Waals surface area contributed by atoms with Gasteiger partial charge >= 0.3 is 0 Å². The molecule has 2 aromatic heterocycles. The van der Waals surface area contributed by atoms with Gasteiger partial charge in [-0.3, -0.25) is 14.7 Å². The highest BCUT2D eigenvalue weighted by Gasteiger charge is 2.14. The second kappa shape index (κ2) is 5.26. The molecule has 0 unspecified atom stereocenters.